The zero-order valence-corrected chi connectivity index (χ0v) is 17.3. The molecule has 6 nitrogen and oxygen atoms in total. The number of aromatic nitrogens is 3. The molecule has 0 aliphatic carbocycles. The average molecular weight is 389 g/mol. The number of nitrogens with one attached hydrogen (secondary N) is 3. The maximum Gasteiger partial charge on any atom is 0.191 e. The number of fused-ring (bicyclic) bond motifs is 2. The van der Waals surface area contributed by atoms with E-state index in [9.17, 15) is 0 Å². The van der Waals surface area contributed by atoms with E-state index >= 15 is 0 Å². The minimum Gasteiger partial charge on any atom is -0.361 e. The predicted molar refractivity (Wildman–Crippen MR) is 119 cm³/mol. The van der Waals surface area contributed by atoms with Crippen molar-refractivity contribution < 1.29 is 0 Å². The second kappa shape index (κ2) is 8.39. The summed E-state index contributed by atoms with van der Waals surface area (Å²) < 4.78 is 2.10. The van der Waals surface area contributed by atoms with Crippen LogP contribution in [0.4, 0.5) is 0 Å². The lowest BCUT2D eigenvalue weighted by Gasteiger charge is -2.11. The summed E-state index contributed by atoms with van der Waals surface area (Å²) in [5.74, 6) is 0.817. The number of pyridine rings is 1. The van der Waals surface area contributed by atoms with Crippen LogP contribution in [0.15, 0.2) is 53.8 Å². The standard InChI is InChI=1S/C23H28N6/c1-4-24-23(27-14-19-15-29-17(3)8-6-10-21(29)28-19)25-12-11-18-13-26-20-9-5-7-16(2)22(18)20/h5-10,13,15,26H,4,11-12,14H2,1-3H3,(H2,24,25,27). The van der Waals surface area contributed by atoms with Crippen molar-refractivity contribution in [3.63, 3.8) is 0 Å². The lowest BCUT2D eigenvalue weighted by Crippen LogP contribution is -2.38. The van der Waals surface area contributed by atoms with Crippen LogP contribution in [0.1, 0.15) is 29.4 Å². The molecular formula is C23H28N6. The van der Waals surface area contributed by atoms with Gasteiger partial charge in [0.25, 0.3) is 0 Å². The molecule has 0 atom stereocenters. The van der Waals surface area contributed by atoms with Crippen molar-refractivity contribution in [3.8, 4) is 0 Å². The van der Waals surface area contributed by atoms with E-state index in [2.05, 4.69) is 82.4 Å². The number of aromatic amines is 1. The number of nitrogens with zero attached hydrogens (tertiary/aromatic N) is 3. The van der Waals surface area contributed by atoms with Gasteiger partial charge in [0.05, 0.1) is 12.2 Å². The highest BCUT2D eigenvalue weighted by Crippen LogP contribution is 2.22. The predicted octanol–water partition coefficient (Wildman–Crippen LogP) is 3.73. The molecule has 4 aromatic rings. The van der Waals surface area contributed by atoms with Gasteiger partial charge in [0, 0.05) is 42.1 Å². The fraction of sp³-hybridized carbons (Fsp3) is 0.304. The molecule has 1 aromatic carbocycles. The highest BCUT2D eigenvalue weighted by Gasteiger charge is 2.07. The summed E-state index contributed by atoms with van der Waals surface area (Å²) in [6.07, 6.45) is 5.11. The molecule has 150 valence electrons. The Morgan fingerprint density at radius 1 is 1.14 bits per heavy atom. The molecule has 3 aromatic heterocycles. The Labute approximate surface area is 171 Å². The first-order valence-corrected chi connectivity index (χ1v) is 10.2. The smallest absolute Gasteiger partial charge is 0.191 e. The second-order valence-electron chi connectivity index (χ2n) is 7.31. The number of aryl methyl sites for hydroxylation is 2. The van der Waals surface area contributed by atoms with Crippen molar-refractivity contribution in [2.45, 2.75) is 33.7 Å². The zero-order chi connectivity index (χ0) is 20.2. The molecule has 0 fully saturated rings. The molecule has 0 saturated carbocycles. The van der Waals surface area contributed by atoms with Crippen molar-refractivity contribution in [1.82, 2.24) is 25.0 Å². The van der Waals surface area contributed by atoms with Gasteiger partial charge in [0.1, 0.15) is 5.65 Å². The lowest BCUT2D eigenvalue weighted by atomic mass is 10.1. The highest BCUT2D eigenvalue weighted by molar-refractivity contribution is 5.86. The summed E-state index contributed by atoms with van der Waals surface area (Å²) in [5.41, 5.74) is 6.93. The van der Waals surface area contributed by atoms with Crippen molar-refractivity contribution in [1.29, 1.82) is 0 Å². The van der Waals surface area contributed by atoms with Crippen LogP contribution in [0.5, 0.6) is 0 Å². The zero-order valence-electron chi connectivity index (χ0n) is 17.3. The maximum absolute atomic E-state index is 4.72. The van der Waals surface area contributed by atoms with E-state index in [4.69, 9.17) is 4.99 Å². The first-order valence-electron chi connectivity index (χ1n) is 10.2. The first-order chi connectivity index (χ1) is 14.2. The Kier molecular flexibility index (Phi) is 5.51. The van der Waals surface area contributed by atoms with Gasteiger partial charge in [-0.25, -0.2) is 9.98 Å². The summed E-state index contributed by atoms with van der Waals surface area (Å²) in [7, 11) is 0. The number of hydrogen-bond acceptors (Lipinski definition) is 2. The second-order valence-corrected chi connectivity index (χ2v) is 7.31. The number of benzene rings is 1. The van der Waals surface area contributed by atoms with Gasteiger partial charge in [-0.05, 0) is 56.5 Å². The number of rotatable bonds is 6. The van der Waals surface area contributed by atoms with Crippen molar-refractivity contribution in [2.75, 3.05) is 13.1 Å². The van der Waals surface area contributed by atoms with Gasteiger partial charge in [0.2, 0.25) is 0 Å². The molecule has 3 heterocycles. The van der Waals surface area contributed by atoms with E-state index in [0.29, 0.717) is 6.54 Å². The Morgan fingerprint density at radius 2 is 2.00 bits per heavy atom. The quantitative estimate of drug-likeness (QED) is 0.348. The number of H-pyrrole nitrogens is 1. The molecule has 0 amide bonds. The maximum atomic E-state index is 4.72. The van der Waals surface area contributed by atoms with Gasteiger partial charge < -0.3 is 20.0 Å². The van der Waals surface area contributed by atoms with Crippen molar-refractivity contribution >= 4 is 22.5 Å². The largest absolute Gasteiger partial charge is 0.361 e. The summed E-state index contributed by atoms with van der Waals surface area (Å²) in [4.78, 5) is 12.8. The molecule has 0 unspecified atom stereocenters. The van der Waals surface area contributed by atoms with E-state index in [1.807, 2.05) is 12.1 Å². The number of guanidine groups is 1. The van der Waals surface area contributed by atoms with Gasteiger partial charge >= 0.3 is 0 Å². The number of hydrogen-bond donors (Lipinski definition) is 3. The molecule has 0 bridgehead atoms. The molecule has 3 N–H and O–H groups in total. The Morgan fingerprint density at radius 3 is 2.83 bits per heavy atom. The van der Waals surface area contributed by atoms with Crippen molar-refractivity contribution in [3.05, 3.63) is 71.3 Å². The van der Waals surface area contributed by atoms with Crippen LogP contribution in [0.3, 0.4) is 0 Å². The summed E-state index contributed by atoms with van der Waals surface area (Å²) in [5, 5.41) is 8.10. The van der Waals surface area contributed by atoms with Crippen LogP contribution in [-0.4, -0.2) is 33.4 Å². The van der Waals surface area contributed by atoms with Crippen LogP contribution >= 0.6 is 0 Å². The fourth-order valence-corrected chi connectivity index (χ4v) is 3.74. The van der Waals surface area contributed by atoms with Crippen LogP contribution < -0.4 is 10.6 Å². The van der Waals surface area contributed by atoms with Crippen LogP contribution in [0.2, 0.25) is 0 Å². The van der Waals surface area contributed by atoms with Crippen LogP contribution in [0.25, 0.3) is 16.6 Å². The molecule has 0 saturated heterocycles. The number of aliphatic imine (C=N–C) groups is 1. The SMILES string of the molecule is CCNC(=NCc1cn2c(C)cccc2n1)NCCc1c[nH]c2cccc(C)c12. The third kappa shape index (κ3) is 4.11. The molecule has 0 spiro atoms. The minimum absolute atomic E-state index is 0.544. The van der Waals surface area contributed by atoms with Crippen molar-refractivity contribution in [2.24, 2.45) is 4.99 Å². The topological polar surface area (TPSA) is 69.5 Å². The van der Waals surface area contributed by atoms with Gasteiger partial charge in [-0.1, -0.05) is 18.2 Å². The summed E-state index contributed by atoms with van der Waals surface area (Å²) in [6, 6.07) is 12.5. The molecule has 6 heteroatoms. The van der Waals surface area contributed by atoms with Gasteiger partial charge in [-0.2, -0.15) is 0 Å². The molecule has 0 radical (unpaired) electrons. The average Bonchev–Trinajstić information content (AvgIpc) is 3.32. The van der Waals surface area contributed by atoms with E-state index in [1.54, 1.807) is 0 Å². The van der Waals surface area contributed by atoms with E-state index in [0.717, 1.165) is 36.8 Å². The summed E-state index contributed by atoms with van der Waals surface area (Å²) >= 11 is 0. The Bertz CT molecular complexity index is 1150. The fourth-order valence-electron chi connectivity index (χ4n) is 3.74. The molecule has 0 aliphatic heterocycles. The summed E-state index contributed by atoms with van der Waals surface area (Å²) in [6.45, 7) is 8.51. The molecule has 0 aliphatic rings. The minimum atomic E-state index is 0.544. The molecular weight excluding hydrogens is 360 g/mol. The lowest BCUT2D eigenvalue weighted by molar-refractivity contribution is 0.799. The molecule has 29 heavy (non-hydrogen) atoms. The van der Waals surface area contributed by atoms with Gasteiger partial charge in [-0.3, -0.25) is 0 Å². The van der Waals surface area contributed by atoms with Gasteiger partial charge in [-0.15, -0.1) is 0 Å². The first kappa shape index (κ1) is 19.1. The Balaban J connectivity index is 1.42. The molecule has 4 rings (SSSR count). The van der Waals surface area contributed by atoms with E-state index in [1.165, 1.54) is 27.7 Å². The van der Waals surface area contributed by atoms with E-state index < -0.39 is 0 Å². The third-order valence-electron chi connectivity index (χ3n) is 5.17. The monoisotopic (exact) mass is 388 g/mol. The van der Waals surface area contributed by atoms with Gasteiger partial charge in [0.15, 0.2) is 5.96 Å². The normalized spacial score (nSPS) is 12.0. The number of imidazole rings is 1. The third-order valence-corrected chi connectivity index (χ3v) is 5.17. The highest BCUT2D eigenvalue weighted by atomic mass is 15.2. The van der Waals surface area contributed by atoms with Crippen LogP contribution in [-0.2, 0) is 13.0 Å². The van der Waals surface area contributed by atoms with Crippen LogP contribution in [0, 0.1) is 13.8 Å². The Hall–Kier alpha value is -3.28. The van der Waals surface area contributed by atoms with E-state index in [-0.39, 0.29) is 0 Å².